The van der Waals surface area contributed by atoms with Crippen molar-refractivity contribution < 1.29 is 9.53 Å². The zero-order chi connectivity index (χ0) is 15.5. The molecule has 0 spiro atoms. The van der Waals surface area contributed by atoms with Crippen molar-refractivity contribution >= 4 is 11.6 Å². The monoisotopic (exact) mass is 292 g/mol. The lowest BCUT2D eigenvalue weighted by Gasteiger charge is -2.28. The number of carbonyl (C=O) groups excluding carboxylic acids is 1. The Morgan fingerprint density at radius 2 is 2.00 bits per heavy atom. The van der Waals surface area contributed by atoms with Gasteiger partial charge in [-0.15, -0.1) is 0 Å². The minimum atomic E-state index is 0.0133. The van der Waals surface area contributed by atoms with Crippen molar-refractivity contribution in [3.63, 3.8) is 0 Å². The number of hydrogen-bond donors (Lipinski definition) is 0. The number of rotatable bonds is 0. The van der Waals surface area contributed by atoms with Crippen LogP contribution < -0.4 is 9.64 Å². The SMILES string of the molecule is CC(=O)N1CCOc2ccc(C#Cc3ccnc(C)c3)cc21. The number of aryl methyl sites for hydroxylation is 1. The molecule has 2 aromatic rings. The van der Waals surface area contributed by atoms with Crippen LogP contribution in [-0.2, 0) is 4.79 Å². The third-order valence-corrected chi connectivity index (χ3v) is 3.45. The highest BCUT2D eigenvalue weighted by atomic mass is 16.5. The molecule has 2 heterocycles. The van der Waals surface area contributed by atoms with E-state index in [0.717, 1.165) is 28.3 Å². The molecule has 1 aliphatic heterocycles. The van der Waals surface area contributed by atoms with Crippen molar-refractivity contribution in [2.24, 2.45) is 0 Å². The second-order valence-electron chi connectivity index (χ2n) is 5.14. The third kappa shape index (κ3) is 2.94. The van der Waals surface area contributed by atoms with Gasteiger partial charge in [0.2, 0.25) is 5.91 Å². The van der Waals surface area contributed by atoms with Crippen LogP contribution in [0.25, 0.3) is 0 Å². The van der Waals surface area contributed by atoms with Gasteiger partial charge in [-0.25, -0.2) is 0 Å². The number of nitrogens with zero attached hydrogens (tertiary/aromatic N) is 2. The van der Waals surface area contributed by atoms with E-state index in [1.165, 1.54) is 0 Å². The lowest BCUT2D eigenvalue weighted by molar-refractivity contribution is -0.116. The Balaban J connectivity index is 1.94. The summed E-state index contributed by atoms with van der Waals surface area (Å²) in [4.78, 5) is 17.6. The maximum absolute atomic E-state index is 11.7. The Bertz CT molecular complexity index is 787. The highest BCUT2D eigenvalue weighted by Crippen LogP contribution is 2.32. The van der Waals surface area contributed by atoms with E-state index in [-0.39, 0.29) is 5.91 Å². The van der Waals surface area contributed by atoms with E-state index in [1.54, 1.807) is 18.0 Å². The van der Waals surface area contributed by atoms with Crippen LogP contribution in [-0.4, -0.2) is 24.0 Å². The Kier molecular flexibility index (Phi) is 3.80. The summed E-state index contributed by atoms with van der Waals surface area (Å²) < 4.78 is 5.59. The molecule has 4 heteroatoms. The van der Waals surface area contributed by atoms with E-state index in [1.807, 2.05) is 37.3 Å². The van der Waals surface area contributed by atoms with Crippen LogP contribution in [0.5, 0.6) is 5.75 Å². The lowest BCUT2D eigenvalue weighted by Crippen LogP contribution is -2.36. The summed E-state index contributed by atoms with van der Waals surface area (Å²) in [6.07, 6.45) is 1.75. The molecule has 3 rings (SSSR count). The molecule has 110 valence electrons. The molecule has 0 unspecified atom stereocenters. The van der Waals surface area contributed by atoms with Crippen molar-refractivity contribution in [2.45, 2.75) is 13.8 Å². The van der Waals surface area contributed by atoms with Crippen LogP contribution in [0.15, 0.2) is 36.5 Å². The highest BCUT2D eigenvalue weighted by molar-refractivity contribution is 5.93. The number of pyridine rings is 1. The number of ether oxygens (including phenoxy) is 1. The number of aromatic nitrogens is 1. The van der Waals surface area contributed by atoms with Crippen molar-refractivity contribution in [2.75, 3.05) is 18.1 Å². The van der Waals surface area contributed by atoms with Gasteiger partial charge in [0.05, 0.1) is 12.2 Å². The summed E-state index contributed by atoms with van der Waals surface area (Å²) >= 11 is 0. The summed E-state index contributed by atoms with van der Waals surface area (Å²) in [5.74, 6) is 6.99. The first-order valence-corrected chi connectivity index (χ1v) is 7.13. The molecule has 0 bridgehead atoms. The first-order valence-electron chi connectivity index (χ1n) is 7.13. The van der Waals surface area contributed by atoms with Gasteiger partial charge >= 0.3 is 0 Å². The standard InChI is InChI=1S/C18H16N2O2/c1-13-11-16(7-8-19-13)4-3-15-5-6-18-17(12-15)20(14(2)21)9-10-22-18/h5-8,11-12H,9-10H2,1-2H3. The second kappa shape index (κ2) is 5.90. The summed E-state index contributed by atoms with van der Waals surface area (Å²) in [5.41, 5.74) is 3.50. The van der Waals surface area contributed by atoms with Gasteiger partial charge in [0.25, 0.3) is 0 Å². The van der Waals surface area contributed by atoms with Gasteiger partial charge in [0, 0.05) is 29.9 Å². The highest BCUT2D eigenvalue weighted by Gasteiger charge is 2.21. The minimum absolute atomic E-state index is 0.0133. The van der Waals surface area contributed by atoms with Crippen molar-refractivity contribution in [1.29, 1.82) is 0 Å². The van der Waals surface area contributed by atoms with Gasteiger partial charge in [0.15, 0.2) is 0 Å². The predicted molar refractivity (Wildman–Crippen MR) is 84.9 cm³/mol. The van der Waals surface area contributed by atoms with Crippen LogP contribution >= 0.6 is 0 Å². The fraction of sp³-hybridized carbons (Fsp3) is 0.222. The smallest absolute Gasteiger partial charge is 0.224 e. The third-order valence-electron chi connectivity index (χ3n) is 3.45. The molecule has 4 nitrogen and oxygen atoms in total. The van der Waals surface area contributed by atoms with Gasteiger partial charge in [0.1, 0.15) is 12.4 Å². The Hall–Kier alpha value is -2.80. The van der Waals surface area contributed by atoms with Crippen LogP contribution in [0.4, 0.5) is 5.69 Å². The van der Waals surface area contributed by atoms with Gasteiger partial charge in [-0.3, -0.25) is 9.78 Å². The number of hydrogen-bond acceptors (Lipinski definition) is 3. The molecule has 0 saturated carbocycles. The molecule has 0 saturated heterocycles. The van der Waals surface area contributed by atoms with E-state index in [0.29, 0.717) is 13.2 Å². The molecule has 1 aromatic heterocycles. The number of amides is 1. The normalized spacial score (nSPS) is 12.7. The van der Waals surface area contributed by atoms with Crippen LogP contribution in [0, 0.1) is 18.8 Å². The maximum Gasteiger partial charge on any atom is 0.224 e. The molecular formula is C18H16N2O2. The molecule has 1 aromatic carbocycles. The van der Waals surface area contributed by atoms with Gasteiger partial charge < -0.3 is 9.64 Å². The zero-order valence-electron chi connectivity index (χ0n) is 12.6. The molecule has 22 heavy (non-hydrogen) atoms. The zero-order valence-corrected chi connectivity index (χ0v) is 12.6. The van der Waals surface area contributed by atoms with Gasteiger partial charge in [-0.05, 0) is 37.3 Å². The summed E-state index contributed by atoms with van der Waals surface area (Å²) in [5, 5.41) is 0. The summed E-state index contributed by atoms with van der Waals surface area (Å²) in [6, 6.07) is 9.49. The molecule has 1 amide bonds. The molecule has 0 radical (unpaired) electrons. The Morgan fingerprint density at radius 1 is 1.23 bits per heavy atom. The lowest BCUT2D eigenvalue weighted by atomic mass is 10.1. The average Bonchev–Trinajstić information content (AvgIpc) is 2.52. The van der Waals surface area contributed by atoms with Crippen molar-refractivity contribution in [1.82, 2.24) is 4.98 Å². The number of benzene rings is 1. The van der Waals surface area contributed by atoms with E-state index in [4.69, 9.17) is 4.74 Å². The van der Waals surface area contributed by atoms with Gasteiger partial charge in [-0.1, -0.05) is 11.8 Å². The fourth-order valence-corrected chi connectivity index (χ4v) is 2.39. The molecule has 1 aliphatic rings. The van der Waals surface area contributed by atoms with Crippen molar-refractivity contribution in [3.05, 3.63) is 53.3 Å². The fourth-order valence-electron chi connectivity index (χ4n) is 2.39. The van der Waals surface area contributed by atoms with E-state index < -0.39 is 0 Å². The molecule has 0 atom stereocenters. The first kappa shape index (κ1) is 14.2. The van der Waals surface area contributed by atoms with Crippen molar-refractivity contribution in [3.8, 4) is 17.6 Å². The largest absolute Gasteiger partial charge is 0.490 e. The summed E-state index contributed by atoms with van der Waals surface area (Å²) in [6.45, 7) is 4.59. The predicted octanol–water partition coefficient (Wildman–Crippen LogP) is 2.54. The van der Waals surface area contributed by atoms with Gasteiger partial charge in [-0.2, -0.15) is 0 Å². The quantitative estimate of drug-likeness (QED) is 0.701. The summed E-state index contributed by atoms with van der Waals surface area (Å²) in [7, 11) is 0. The Morgan fingerprint density at radius 3 is 2.73 bits per heavy atom. The number of carbonyl (C=O) groups is 1. The van der Waals surface area contributed by atoms with E-state index in [2.05, 4.69) is 16.8 Å². The number of anilines is 1. The van der Waals surface area contributed by atoms with E-state index >= 15 is 0 Å². The minimum Gasteiger partial charge on any atom is -0.490 e. The maximum atomic E-state index is 11.7. The number of fused-ring (bicyclic) bond motifs is 1. The van der Waals surface area contributed by atoms with Crippen LogP contribution in [0.2, 0.25) is 0 Å². The molecule has 0 aliphatic carbocycles. The Labute approximate surface area is 129 Å². The average molecular weight is 292 g/mol. The van der Waals surface area contributed by atoms with E-state index in [9.17, 15) is 4.79 Å². The van der Waals surface area contributed by atoms with Crippen LogP contribution in [0.1, 0.15) is 23.7 Å². The molecule has 0 fully saturated rings. The molecular weight excluding hydrogens is 276 g/mol. The second-order valence-corrected chi connectivity index (χ2v) is 5.14. The molecule has 0 N–H and O–H groups in total. The van der Waals surface area contributed by atoms with Crippen LogP contribution in [0.3, 0.4) is 0 Å². The first-order chi connectivity index (χ1) is 10.6. The topological polar surface area (TPSA) is 42.4 Å².